The maximum atomic E-state index is 14.1. The van der Waals surface area contributed by atoms with Crippen LogP contribution in [0.1, 0.15) is 38.2 Å². The number of anilines is 1. The zero-order valence-corrected chi connectivity index (χ0v) is 17.6. The number of carboxylic acid groups (broad SMARTS) is 1. The Hall–Kier alpha value is -2.68. The first-order chi connectivity index (χ1) is 13.6. The maximum Gasteiger partial charge on any atom is 0.410 e. The van der Waals surface area contributed by atoms with E-state index < -0.39 is 17.4 Å². The summed E-state index contributed by atoms with van der Waals surface area (Å²) >= 11 is 1.14. The lowest BCUT2D eigenvalue weighted by Gasteiger charge is -2.40. The lowest BCUT2D eigenvalue weighted by molar-refractivity contribution is 0.0158. The van der Waals surface area contributed by atoms with Gasteiger partial charge in [0.1, 0.15) is 21.4 Å². The number of nitrogens with zero attached hydrogens (tertiary/aromatic N) is 3. The molecule has 2 aromatic rings. The van der Waals surface area contributed by atoms with Crippen LogP contribution >= 0.6 is 11.3 Å². The maximum absolute atomic E-state index is 14.1. The standard InChI is InChI=1S/C20H24FN3O4S/c1-12-11-23(9-10-24(12)19(27)28-20(2,3)4)17-15(18(25)26)22-16(29-17)13-7-5-6-8-14(13)21/h5-8,12H,9-11H2,1-4H3,(H,25,26). The summed E-state index contributed by atoms with van der Waals surface area (Å²) in [6.45, 7) is 8.57. The molecule has 1 aromatic carbocycles. The fourth-order valence-electron chi connectivity index (χ4n) is 3.15. The molecule has 1 aliphatic heterocycles. The minimum absolute atomic E-state index is 0.105. The summed E-state index contributed by atoms with van der Waals surface area (Å²) < 4.78 is 19.6. The number of carbonyl (C=O) groups excluding carboxylic acids is 1. The minimum atomic E-state index is -1.17. The quantitative estimate of drug-likeness (QED) is 0.804. The Bertz CT molecular complexity index is 925. The van der Waals surface area contributed by atoms with Crippen LogP contribution < -0.4 is 4.90 Å². The average molecular weight is 421 g/mol. The molecule has 1 aromatic heterocycles. The van der Waals surface area contributed by atoms with Gasteiger partial charge in [-0.2, -0.15) is 0 Å². The van der Waals surface area contributed by atoms with Crippen molar-refractivity contribution in [2.24, 2.45) is 0 Å². The topological polar surface area (TPSA) is 83.0 Å². The normalized spacial score (nSPS) is 17.3. The number of carbonyl (C=O) groups is 2. The Labute approximate surface area is 172 Å². The molecule has 0 bridgehead atoms. The lowest BCUT2D eigenvalue weighted by Crippen LogP contribution is -2.55. The molecule has 2 heterocycles. The Kier molecular flexibility index (Phi) is 5.79. The number of amides is 1. The van der Waals surface area contributed by atoms with Crippen molar-refractivity contribution in [3.63, 3.8) is 0 Å². The van der Waals surface area contributed by atoms with Crippen molar-refractivity contribution < 1.29 is 23.8 Å². The summed E-state index contributed by atoms with van der Waals surface area (Å²) in [7, 11) is 0. The summed E-state index contributed by atoms with van der Waals surface area (Å²) in [5.74, 6) is -1.62. The van der Waals surface area contributed by atoms with Gasteiger partial charge in [-0.25, -0.2) is 19.0 Å². The van der Waals surface area contributed by atoms with Crippen molar-refractivity contribution in [3.05, 3.63) is 35.8 Å². The molecule has 1 saturated heterocycles. The lowest BCUT2D eigenvalue weighted by atomic mass is 10.2. The number of benzene rings is 1. The second-order valence-electron chi connectivity index (χ2n) is 7.93. The van der Waals surface area contributed by atoms with Crippen molar-refractivity contribution in [2.45, 2.75) is 39.3 Å². The Balaban J connectivity index is 1.84. The van der Waals surface area contributed by atoms with Crippen LogP contribution in [0.2, 0.25) is 0 Å². The van der Waals surface area contributed by atoms with Gasteiger partial charge in [0.05, 0.1) is 0 Å². The number of piperazine rings is 1. The van der Waals surface area contributed by atoms with Crippen LogP contribution in [-0.4, -0.2) is 58.3 Å². The van der Waals surface area contributed by atoms with Gasteiger partial charge < -0.3 is 19.6 Å². The van der Waals surface area contributed by atoms with E-state index in [4.69, 9.17) is 4.74 Å². The molecular weight excluding hydrogens is 397 g/mol. The third-order valence-corrected chi connectivity index (χ3v) is 5.61. The number of rotatable bonds is 3. The van der Waals surface area contributed by atoms with E-state index >= 15 is 0 Å². The minimum Gasteiger partial charge on any atom is -0.476 e. The fraction of sp³-hybridized carbons (Fsp3) is 0.450. The van der Waals surface area contributed by atoms with Crippen LogP contribution in [0.25, 0.3) is 10.6 Å². The van der Waals surface area contributed by atoms with Crippen LogP contribution in [-0.2, 0) is 4.74 Å². The van der Waals surface area contributed by atoms with Gasteiger partial charge in [0.15, 0.2) is 5.69 Å². The summed E-state index contributed by atoms with van der Waals surface area (Å²) in [6, 6.07) is 5.97. The van der Waals surface area contributed by atoms with E-state index in [1.165, 1.54) is 6.07 Å². The molecule has 1 unspecified atom stereocenters. The van der Waals surface area contributed by atoms with Gasteiger partial charge in [-0.05, 0) is 39.8 Å². The van der Waals surface area contributed by atoms with Crippen LogP contribution in [0.5, 0.6) is 0 Å². The number of aromatic carboxylic acids is 1. The summed E-state index contributed by atoms with van der Waals surface area (Å²) in [5, 5.41) is 10.4. The number of hydrogen-bond acceptors (Lipinski definition) is 6. The molecule has 0 saturated carbocycles. The highest BCUT2D eigenvalue weighted by Gasteiger charge is 2.33. The molecular formula is C20H24FN3O4S. The first-order valence-electron chi connectivity index (χ1n) is 9.30. The van der Waals surface area contributed by atoms with E-state index in [9.17, 15) is 19.1 Å². The van der Waals surface area contributed by atoms with E-state index in [0.29, 0.717) is 29.6 Å². The summed E-state index contributed by atoms with van der Waals surface area (Å²) in [4.78, 5) is 31.9. The predicted molar refractivity (Wildman–Crippen MR) is 109 cm³/mol. The van der Waals surface area contributed by atoms with Crippen molar-refractivity contribution in [2.75, 3.05) is 24.5 Å². The average Bonchev–Trinajstić information content (AvgIpc) is 3.06. The molecule has 1 aliphatic rings. The highest BCUT2D eigenvalue weighted by atomic mass is 32.1. The van der Waals surface area contributed by atoms with E-state index in [2.05, 4.69) is 4.98 Å². The Morgan fingerprint density at radius 1 is 1.28 bits per heavy atom. The number of thiazole rings is 1. The smallest absolute Gasteiger partial charge is 0.410 e. The zero-order chi connectivity index (χ0) is 21.3. The molecule has 1 fully saturated rings. The molecule has 29 heavy (non-hydrogen) atoms. The molecule has 1 amide bonds. The third kappa shape index (κ3) is 4.67. The second-order valence-corrected chi connectivity index (χ2v) is 8.90. The van der Waals surface area contributed by atoms with Crippen LogP contribution in [0, 0.1) is 5.82 Å². The van der Waals surface area contributed by atoms with E-state index in [0.717, 1.165) is 11.3 Å². The number of ether oxygens (including phenoxy) is 1. The molecule has 1 N–H and O–H groups in total. The SMILES string of the molecule is CC1CN(c2sc(-c3ccccc3F)nc2C(=O)O)CCN1C(=O)OC(C)(C)C. The first-order valence-corrected chi connectivity index (χ1v) is 10.1. The molecule has 1 atom stereocenters. The van der Waals surface area contributed by atoms with Crippen molar-refractivity contribution in [3.8, 4) is 10.6 Å². The summed E-state index contributed by atoms with van der Waals surface area (Å²) in [6.07, 6.45) is -0.389. The molecule has 0 spiro atoms. The fourth-order valence-corrected chi connectivity index (χ4v) is 4.27. The highest BCUT2D eigenvalue weighted by Crippen LogP contribution is 2.37. The van der Waals surface area contributed by atoms with Gasteiger partial charge in [0, 0.05) is 31.2 Å². The Morgan fingerprint density at radius 2 is 1.97 bits per heavy atom. The largest absolute Gasteiger partial charge is 0.476 e. The summed E-state index contributed by atoms with van der Waals surface area (Å²) in [5.41, 5.74) is -0.422. The van der Waals surface area contributed by atoms with Gasteiger partial charge in [-0.1, -0.05) is 23.5 Å². The first kappa shape index (κ1) is 21.0. The van der Waals surface area contributed by atoms with Gasteiger partial charge in [0.2, 0.25) is 0 Å². The van der Waals surface area contributed by atoms with Gasteiger partial charge in [-0.15, -0.1) is 0 Å². The molecule has 3 rings (SSSR count). The van der Waals surface area contributed by atoms with Crippen LogP contribution in [0.4, 0.5) is 14.2 Å². The number of carboxylic acids is 1. The molecule has 0 radical (unpaired) electrons. The van der Waals surface area contributed by atoms with E-state index in [-0.39, 0.29) is 23.4 Å². The molecule has 9 heteroatoms. The highest BCUT2D eigenvalue weighted by molar-refractivity contribution is 7.19. The van der Waals surface area contributed by atoms with Crippen LogP contribution in [0.3, 0.4) is 0 Å². The number of hydrogen-bond donors (Lipinski definition) is 1. The second kappa shape index (κ2) is 7.98. The van der Waals surface area contributed by atoms with Gasteiger partial charge >= 0.3 is 12.1 Å². The monoisotopic (exact) mass is 421 g/mol. The zero-order valence-electron chi connectivity index (χ0n) is 16.8. The molecule has 7 nitrogen and oxygen atoms in total. The number of halogens is 1. The molecule has 156 valence electrons. The van der Waals surface area contributed by atoms with Gasteiger partial charge in [-0.3, -0.25) is 0 Å². The van der Waals surface area contributed by atoms with Crippen LogP contribution in [0.15, 0.2) is 24.3 Å². The number of aromatic nitrogens is 1. The Morgan fingerprint density at radius 3 is 2.55 bits per heavy atom. The van der Waals surface area contributed by atoms with E-state index in [1.54, 1.807) is 23.1 Å². The predicted octanol–water partition coefficient (Wildman–Crippen LogP) is 4.09. The van der Waals surface area contributed by atoms with Gasteiger partial charge in [0.25, 0.3) is 0 Å². The van der Waals surface area contributed by atoms with E-state index in [1.807, 2.05) is 32.6 Å². The third-order valence-electron chi connectivity index (χ3n) is 4.46. The van der Waals surface area contributed by atoms with Crippen molar-refractivity contribution in [1.29, 1.82) is 0 Å². The van der Waals surface area contributed by atoms with Crippen molar-refractivity contribution in [1.82, 2.24) is 9.88 Å². The van der Waals surface area contributed by atoms with Crippen molar-refractivity contribution >= 4 is 28.4 Å². The molecule has 0 aliphatic carbocycles.